The van der Waals surface area contributed by atoms with Gasteiger partial charge >= 0.3 is 0 Å². The lowest BCUT2D eigenvalue weighted by atomic mass is 11.8. The molecule has 0 aliphatic heterocycles. The van der Waals surface area contributed by atoms with Crippen LogP contribution in [0.15, 0.2) is 0 Å². The first-order valence-electron chi connectivity index (χ1n) is 2.03. The summed E-state index contributed by atoms with van der Waals surface area (Å²) in [6.07, 6.45) is 0. The highest BCUT2D eigenvalue weighted by molar-refractivity contribution is 9.49. The van der Waals surface area contributed by atoms with Crippen LogP contribution < -0.4 is 0 Å². The van der Waals surface area contributed by atoms with E-state index in [1.807, 2.05) is 0 Å². The van der Waals surface area contributed by atoms with Gasteiger partial charge in [0.05, 0.1) is 8.68 Å². The molecule has 7 heavy (non-hydrogen) atoms. The van der Waals surface area contributed by atoms with Crippen LogP contribution in [0.1, 0.15) is 0 Å². The van der Waals surface area contributed by atoms with Crippen molar-refractivity contribution in [1.29, 1.82) is 0 Å². The van der Waals surface area contributed by atoms with Crippen LogP contribution in [0.2, 0.25) is 19.6 Å². The SMILES string of the molecule is C[Si](C)(C)S(=O)Br. The molecule has 0 aliphatic carbocycles. The Morgan fingerprint density at radius 2 is 1.57 bits per heavy atom. The number of hydrogen-bond acceptors (Lipinski definition) is 1. The maximum Gasteiger partial charge on any atom is 0.164 e. The monoisotopic (exact) mass is 200 g/mol. The van der Waals surface area contributed by atoms with E-state index in [1.54, 1.807) is 0 Å². The second kappa shape index (κ2) is 2.41. The van der Waals surface area contributed by atoms with E-state index in [1.165, 1.54) is 0 Å². The van der Waals surface area contributed by atoms with E-state index in [0.29, 0.717) is 0 Å². The fourth-order valence-corrected chi connectivity index (χ4v) is 0. The number of halogens is 1. The van der Waals surface area contributed by atoms with Crippen molar-refractivity contribution in [3.8, 4) is 0 Å². The molecule has 1 atom stereocenters. The zero-order valence-electron chi connectivity index (χ0n) is 4.69. The molecule has 0 N–H and O–H groups in total. The molecular weight excluding hydrogens is 192 g/mol. The van der Waals surface area contributed by atoms with Gasteiger partial charge in [0, 0.05) is 14.8 Å². The van der Waals surface area contributed by atoms with Gasteiger partial charge in [0.1, 0.15) is 0 Å². The minimum absolute atomic E-state index is 0.731. The third-order valence-electron chi connectivity index (χ3n) is 0.481. The minimum Gasteiger partial charge on any atom is -0.255 e. The van der Waals surface area contributed by atoms with Crippen molar-refractivity contribution in [2.45, 2.75) is 19.6 Å². The van der Waals surface area contributed by atoms with Gasteiger partial charge in [0.2, 0.25) is 0 Å². The van der Waals surface area contributed by atoms with Gasteiger partial charge in [0.15, 0.2) is 7.22 Å². The summed E-state index contributed by atoms with van der Waals surface area (Å²) < 4.78 is 10.6. The van der Waals surface area contributed by atoms with Gasteiger partial charge in [-0.15, -0.1) is 0 Å². The molecule has 0 aromatic carbocycles. The maximum absolute atomic E-state index is 10.6. The van der Waals surface area contributed by atoms with Gasteiger partial charge < -0.3 is 0 Å². The Hall–Kier alpha value is 0.847. The van der Waals surface area contributed by atoms with Crippen molar-refractivity contribution in [2.24, 2.45) is 0 Å². The van der Waals surface area contributed by atoms with E-state index in [4.69, 9.17) is 0 Å². The van der Waals surface area contributed by atoms with E-state index in [0.717, 1.165) is 0 Å². The van der Waals surface area contributed by atoms with Gasteiger partial charge in [-0.1, -0.05) is 19.6 Å². The van der Waals surface area contributed by atoms with Crippen LogP contribution in [0.5, 0.6) is 0 Å². The zero-order valence-corrected chi connectivity index (χ0v) is 8.10. The minimum atomic E-state index is -1.35. The molecule has 4 heteroatoms. The van der Waals surface area contributed by atoms with Crippen molar-refractivity contribution < 1.29 is 4.21 Å². The second-order valence-electron chi connectivity index (χ2n) is 2.34. The maximum atomic E-state index is 10.6. The molecule has 0 radical (unpaired) electrons. The van der Waals surface area contributed by atoms with Gasteiger partial charge in [-0.2, -0.15) is 0 Å². The normalized spacial score (nSPS) is 16.6. The molecule has 1 nitrogen and oxygen atoms in total. The number of hydrogen-bond donors (Lipinski definition) is 0. The van der Waals surface area contributed by atoms with E-state index in [-0.39, 0.29) is 0 Å². The molecule has 0 aromatic rings. The summed E-state index contributed by atoms with van der Waals surface area (Å²) in [5, 5.41) is 0. The highest BCUT2D eigenvalue weighted by Crippen LogP contribution is 2.11. The fraction of sp³-hybridized carbons (Fsp3) is 1.00. The molecule has 0 heterocycles. The molecule has 0 spiro atoms. The Balaban J connectivity index is 3.79. The van der Waals surface area contributed by atoms with Crippen molar-refractivity contribution in [2.75, 3.05) is 0 Å². The summed E-state index contributed by atoms with van der Waals surface area (Å²) in [7, 11) is -2.08. The molecule has 0 saturated heterocycles. The van der Waals surface area contributed by atoms with Gasteiger partial charge in [-0.3, -0.25) is 4.21 Å². The fourth-order valence-electron chi connectivity index (χ4n) is 0. The molecule has 0 aromatic heterocycles. The third kappa shape index (κ3) is 3.43. The summed E-state index contributed by atoms with van der Waals surface area (Å²) in [5.41, 5.74) is 0. The van der Waals surface area contributed by atoms with Crippen LogP contribution in [-0.4, -0.2) is 11.4 Å². The Kier molecular flexibility index (Phi) is 2.71. The largest absolute Gasteiger partial charge is 0.255 e. The zero-order chi connectivity index (χ0) is 6.08. The molecule has 0 bridgehead atoms. The molecule has 0 saturated carbocycles. The number of rotatable bonds is 1. The lowest BCUT2D eigenvalue weighted by molar-refractivity contribution is 0.698. The van der Waals surface area contributed by atoms with Gasteiger partial charge in [-0.25, -0.2) is 0 Å². The Morgan fingerprint density at radius 3 is 1.57 bits per heavy atom. The van der Waals surface area contributed by atoms with Crippen molar-refractivity contribution in [1.82, 2.24) is 0 Å². The predicted molar refractivity (Wildman–Crippen MR) is 40.4 cm³/mol. The summed E-state index contributed by atoms with van der Waals surface area (Å²) >= 11 is 3.03. The molecular formula is C3H9BrOSSi. The average Bonchev–Trinajstić information content (AvgIpc) is 1.31. The van der Waals surface area contributed by atoms with Gasteiger partial charge in [-0.05, 0) is 0 Å². The van der Waals surface area contributed by atoms with E-state index in [2.05, 4.69) is 34.5 Å². The van der Waals surface area contributed by atoms with Crippen LogP contribution in [0.3, 0.4) is 0 Å². The van der Waals surface area contributed by atoms with Gasteiger partial charge in [0.25, 0.3) is 0 Å². The van der Waals surface area contributed by atoms with E-state index >= 15 is 0 Å². The highest BCUT2D eigenvalue weighted by Gasteiger charge is 2.19. The van der Waals surface area contributed by atoms with Crippen molar-refractivity contribution >= 4 is 30.7 Å². The molecule has 1 unspecified atom stereocenters. The Morgan fingerprint density at radius 1 is 1.43 bits per heavy atom. The molecule has 0 rings (SSSR count). The first kappa shape index (κ1) is 7.85. The van der Waals surface area contributed by atoms with Crippen LogP contribution >= 0.6 is 14.8 Å². The highest BCUT2D eigenvalue weighted by atomic mass is 79.9. The Bertz CT molecular complexity index is 87.4. The standard InChI is InChI=1S/C3H9BrOSSi/c1-7(2,3)6(4)5/h1-3H3. The molecule has 44 valence electrons. The summed E-state index contributed by atoms with van der Waals surface area (Å²) in [6.45, 7) is 6.16. The smallest absolute Gasteiger partial charge is 0.164 e. The lowest BCUT2D eigenvalue weighted by Crippen LogP contribution is -2.22. The third-order valence-corrected chi connectivity index (χ3v) is 13.1. The van der Waals surface area contributed by atoms with Crippen LogP contribution in [0.4, 0.5) is 0 Å². The van der Waals surface area contributed by atoms with Crippen LogP contribution in [0, 0.1) is 0 Å². The summed E-state index contributed by atoms with van der Waals surface area (Å²) in [5.74, 6) is 0. The van der Waals surface area contributed by atoms with Crippen LogP contribution in [0.25, 0.3) is 0 Å². The first-order chi connectivity index (χ1) is 2.94. The second-order valence-corrected chi connectivity index (χ2v) is 15.4. The molecule has 0 aliphatic rings. The van der Waals surface area contributed by atoms with Crippen LogP contribution in [-0.2, 0) is 8.68 Å². The summed E-state index contributed by atoms with van der Waals surface area (Å²) in [6, 6.07) is 0. The Labute approximate surface area is 54.8 Å². The van der Waals surface area contributed by atoms with Crippen molar-refractivity contribution in [3.05, 3.63) is 0 Å². The topological polar surface area (TPSA) is 17.1 Å². The van der Waals surface area contributed by atoms with E-state index < -0.39 is 15.9 Å². The summed E-state index contributed by atoms with van der Waals surface area (Å²) in [4.78, 5) is 0. The quantitative estimate of drug-likeness (QED) is 0.467. The lowest BCUT2D eigenvalue weighted by Gasteiger charge is -2.06. The molecule has 0 fully saturated rings. The average molecular weight is 201 g/mol. The first-order valence-corrected chi connectivity index (χ1v) is 9.24. The molecule has 0 amide bonds. The van der Waals surface area contributed by atoms with E-state index in [9.17, 15) is 4.21 Å². The van der Waals surface area contributed by atoms with Crippen molar-refractivity contribution in [3.63, 3.8) is 0 Å². The predicted octanol–water partition coefficient (Wildman–Crippen LogP) is 1.88.